The fourth-order valence-corrected chi connectivity index (χ4v) is 1.31. The molecule has 1 aromatic rings. The molecule has 0 saturated heterocycles. The Morgan fingerprint density at radius 3 is 2.50 bits per heavy atom. The Bertz CT molecular complexity index is 326. The normalized spacial score (nSPS) is 11.9. The number of pyridine rings is 1. The third-order valence-corrected chi connectivity index (χ3v) is 2.04. The topological polar surface area (TPSA) is 37.0 Å². The lowest BCUT2D eigenvalue weighted by atomic mass is 10.1. The highest BCUT2D eigenvalue weighted by atomic mass is 15.0. The van der Waals surface area contributed by atoms with Gasteiger partial charge in [0.1, 0.15) is 5.82 Å². The van der Waals surface area contributed by atoms with E-state index >= 15 is 0 Å². The molecule has 0 spiro atoms. The number of hydrogen-bond acceptors (Lipinski definition) is 3. The number of nitrogens with zero attached hydrogens (tertiary/aromatic N) is 1. The molecule has 0 fully saturated rings. The second-order valence-corrected chi connectivity index (χ2v) is 5.42. The molecule has 0 aromatic carbocycles. The molecule has 0 atom stereocenters. The van der Waals surface area contributed by atoms with Crippen molar-refractivity contribution in [3.05, 3.63) is 23.9 Å². The molecule has 0 amide bonds. The molecule has 90 valence electrons. The first-order valence-corrected chi connectivity index (χ1v) is 5.84. The molecule has 0 aliphatic heterocycles. The maximum Gasteiger partial charge on any atom is 0.126 e. The van der Waals surface area contributed by atoms with Crippen LogP contribution in [0.5, 0.6) is 0 Å². The van der Waals surface area contributed by atoms with Gasteiger partial charge in [-0.1, -0.05) is 6.07 Å². The van der Waals surface area contributed by atoms with Gasteiger partial charge in [0.05, 0.1) is 5.69 Å². The van der Waals surface area contributed by atoms with Crippen LogP contribution in [-0.4, -0.2) is 16.6 Å². The first kappa shape index (κ1) is 13.0. The van der Waals surface area contributed by atoms with Crippen molar-refractivity contribution >= 4 is 5.82 Å². The molecule has 0 saturated carbocycles. The van der Waals surface area contributed by atoms with Crippen LogP contribution in [-0.2, 0) is 6.54 Å². The largest absolute Gasteiger partial charge is 0.368 e. The van der Waals surface area contributed by atoms with Gasteiger partial charge in [0.2, 0.25) is 0 Å². The van der Waals surface area contributed by atoms with Crippen molar-refractivity contribution in [2.45, 2.75) is 52.7 Å². The molecule has 0 radical (unpaired) electrons. The summed E-state index contributed by atoms with van der Waals surface area (Å²) in [5, 5.41) is 6.73. The molecule has 16 heavy (non-hydrogen) atoms. The van der Waals surface area contributed by atoms with Crippen LogP contribution in [0.4, 0.5) is 5.82 Å². The highest BCUT2D eigenvalue weighted by molar-refractivity contribution is 5.36. The number of hydrogen-bond donors (Lipinski definition) is 2. The maximum atomic E-state index is 4.54. The van der Waals surface area contributed by atoms with Crippen LogP contribution in [0.15, 0.2) is 18.2 Å². The van der Waals surface area contributed by atoms with E-state index in [1.807, 2.05) is 18.2 Å². The predicted molar refractivity (Wildman–Crippen MR) is 69.6 cm³/mol. The minimum Gasteiger partial charge on any atom is -0.368 e. The number of aromatic nitrogens is 1. The Morgan fingerprint density at radius 2 is 1.94 bits per heavy atom. The van der Waals surface area contributed by atoms with Gasteiger partial charge in [0.15, 0.2) is 0 Å². The zero-order valence-electron chi connectivity index (χ0n) is 11.0. The van der Waals surface area contributed by atoms with Crippen molar-refractivity contribution in [3.8, 4) is 0 Å². The lowest BCUT2D eigenvalue weighted by molar-refractivity contribution is 0.421. The average Bonchev–Trinajstić information content (AvgIpc) is 2.13. The van der Waals surface area contributed by atoms with Crippen LogP contribution in [0.3, 0.4) is 0 Å². The summed E-state index contributed by atoms with van der Waals surface area (Å²) in [4.78, 5) is 4.54. The Balaban J connectivity index is 2.60. The van der Waals surface area contributed by atoms with E-state index in [1.165, 1.54) is 0 Å². The van der Waals surface area contributed by atoms with Gasteiger partial charge < -0.3 is 10.6 Å². The lowest BCUT2D eigenvalue weighted by Gasteiger charge is -2.20. The van der Waals surface area contributed by atoms with E-state index in [0.717, 1.165) is 18.1 Å². The van der Waals surface area contributed by atoms with E-state index in [1.54, 1.807) is 0 Å². The Morgan fingerprint density at radius 1 is 1.25 bits per heavy atom. The number of anilines is 1. The molecule has 1 heterocycles. The zero-order valence-corrected chi connectivity index (χ0v) is 11.0. The first-order valence-electron chi connectivity index (χ1n) is 5.84. The molecule has 0 aliphatic carbocycles. The smallest absolute Gasteiger partial charge is 0.126 e. The zero-order chi connectivity index (χ0) is 12.2. The van der Waals surface area contributed by atoms with Gasteiger partial charge in [-0.25, -0.2) is 4.98 Å². The maximum absolute atomic E-state index is 4.54. The number of rotatable bonds is 4. The molecule has 2 N–H and O–H groups in total. The van der Waals surface area contributed by atoms with E-state index < -0.39 is 0 Å². The van der Waals surface area contributed by atoms with Gasteiger partial charge in [-0.2, -0.15) is 0 Å². The van der Waals surface area contributed by atoms with Crippen molar-refractivity contribution in [1.82, 2.24) is 10.3 Å². The van der Waals surface area contributed by atoms with Gasteiger partial charge in [0.25, 0.3) is 0 Å². The molecule has 3 heteroatoms. The summed E-state index contributed by atoms with van der Waals surface area (Å²) < 4.78 is 0. The predicted octanol–water partition coefficient (Wildman–Crippen LogP) is 2.79. The van der Waals surface area contributed by atoms with Crippen molar-refractivity contribution < 1.29 is 0 Å². The van der Waals surface area contributed by atoms with Crippen molar-refractivity contribution in [1.29, 1.82) is 0 Å². The third kappa shape index (κ3) is 5.12. The first-order chi connectivity index (χ1) is 7.37. The minimum absolute atomic E-state index is 0.128. The monoisotopic (exact) mass is 221 g/mol. The van der Waals surface area contributed by atoms with Crippen LogP contribution in [0, 0.1) is 0 Å². The van der Waals surface area contributed by atoms with Crippen molar-refractivity contribution in [3.63, 3.8) is 0 Å². The summed E-state index contributed by atoms with van der Waals surface area (Å²) in [7, 11) is 0. The van der Waals surface area contributed by atoms with Crippen molar-refractivity contribution in [2.24, 2.45) is 0 Å². The molecule has 0 bridgehead atoms. The number of nitrogens with one attached hydrogen (secondary N) is 2. The van der Waals surface area contributed by atoms with E-state index in [9.17, 15) is 0 Å². The Kier molecular flexibility index (Phi) is 4.30. The van der Waals surface area contributed by atoms with E-state index in [-0.39, 0.29) is 5.54 Å². The quantitative estimate of drug-likeness (QED) is 0.821. The molecule has 1 rings (SSSR count). The molecule has 0 unspecified atom stereocenters. The second kappa shape index (κ2) is 5.30. The molecular weight excluding hydrogens is 198 g/mol. The van der Waals surface area contributed by atoms with Crippen molar-refractivity contribution in [2.75, 3.05) is 5.32 Å². The summed E-state index contributed by atoms with van der Waals surface area (Å²) in [6, 6.07) is 6.50. The Labute approximate surface area is 98.7 Å². The van der Waals surface area contributed by atoms with E-state index in [0.29, 0.717) is 6.04 Å². The summed E-state index contributed by atoms with van der Waals surface area (Å²) in [6.45, 7) is 11.5. The van der Waals surface area contributed by atoms with Crippen LogP contribution in [0.1, 0.15) is 40.3 Å². The highest BCUT2D eigenvalue weighted by Gasteiger charge is 2.08. The fourth-order valence-electron chi connectivity index (χ4n) is 1.31. The second-order valence-electron chi connectivity index (χ2n) is 5.42. The van der Waals surface area contributed by atoms with Crippen LogP contribution in [0.25, 0.3) is 0 Å². The van der Waals surface area contributed by atoms with E-state index in [2.05, 4.69) is 50.2 Å². The van der Waals surface area contributed by atoms with E-state index in [4.69, 9.17) is 0 Å². The van der Waals surface area contributed by atoms with Crippen LogP contribution in [0.2, 0.25) is 0 Å². The lowest BCUT2D eigenvalue weighted by Crippen LogP contribution is -2.35. The van der Waals surface area contributed by atoms with Gasteiger partial charge in [-0.3, -0.25) is 0 Å². The standard InChI is InChI=1S/C13H23N3/c1-10(2)15-12-8-6-7-11(16-12)9-14-13(3,4)5/h6-8,10,14H,9H2,1-5H3,(H,15,16). The Hall–Kier alpha value is -1.09. The van der Waals surface area contributed by atoms with Gasteiger partial charge in [0, 0.05) is 18.1 Å². The summed E-state index contributed by atoms with van der Waals surface area (Å²) >= 11 is 0. The van der Waals surface area contributed by atoms with Crippen LogP contribution < -0.4 is 10.6 Å². The highest BCUT2D eigenvalue weighted by Crippen LogP contribution is 2.07. The summed E-state index contributed by atoms with van der Waals surface area (Å²) in [6.07, 6.45) is 0. The summed E-state index contributed by atoms with van der Waals surface area (Å²) in [5.74, 6) is 0.947. The fraction of sp³-hybridized carbons (Fsp3) is 0.615. The van der Waals surface area contributed by atoms with Gasteiger partial charge >= 0.3 is 0 Å². The minimum atomic E-state index is 0.128. The SMILES string of the molecule is CC(C)Nc1cccc(CNC(C)(C)C)n1. The van der Waals surface area contributed by atoms with Gasteiger partial charge in [-0.15, -0.1) is 0 Å². The average molecular weight is 221 g/mol. The molecule has 1 aromatic heterocycles. The molecule has 3 nitrogen and oxygen atoms in total. The summed E-state index contributed by atoms with van der Waals surface area (Å²) in [5.41, 5.74) is 1.20. The molecular formula is C13H23N3. The van der Waals surface area contributed by atoms with Gasteiger partial charge in [-0.05, 0) is 46.8 Å². The van der Waals surface area contributed by atoms with Crippen LogP contribution >= 0.6 is 0 Å². The molecule has 0 aliphatic rings. The third-order valence-electron chi connectivity index (χ3n) is 2.04.